The predicted octanol–water partition coefficient (Wildman–Crippen LogP) is 1.73. The van der Waals surface area contributed by atoms with E-state index in [2.05, 4.69) is 10.2 Å². The minimum atomic E-state index is -1.03. The Kier molecular flexibility index (Phi) is 3.69. The van der Waals surface area contributed by atoms with Crippen molar-refractivity contribution < 1.29 is 19.1 Å². The Balaban J connectivity index is 2.01. The normalized spacial score (nSPS) is 12.3. The summed E-state index contributed by atoms with van der Waals surface area (Å²) in [5.74, 6) is -0.392. The van der Waals surface area contributed by atoms with Gasteiger partial charge in [-0.05, 0) is 19.1 Å². The molecule has 6 heteroatoms. The first-order chi connectivity index (χ1) is 8.66. The molecule has 0 amide bonds. The minimum Gasteiger partial charge on any atom is -0.479 e. The lowest BCUT2D eigenvalue weighted by molar-refractivity contribution is -0.150. The predicted molar refractivity (Wildman–Crippen MR) is 61.6 cm³/mol. The fraction of sp³-hybridized carbons (Fsp3) is 0.250. The van der Waals surface area contributed by atoms with Crippen molar-refractivity contribution >= 4 is 5.97 Å². The molecule has 6 nitrogen and oxygen atoms in total. The number of hydrogen-bond acceptors (Lipinski definition) is 5. The summed E-state index contributed by atoms with van der Waals surface area (Å²) in [7, 11) is 0. The van der Waals surface area contributed by atoms with Crippen LogP contribution in [0, 0.1) is 0 Å². The number of hydrogen-bond donors (Lipinski definition) is 1. The van der Waals surface area contributed by atoms with E-state index >= 15 is 0 Å². The second kappa shape index (κ2) is 5.42. The van der Waals surface area contributed by atoms with Crippen molar-refractivity contribution in [2.24, 2.45) is 0 Å². The van der Waals surface area contributed by atoms with Gasteiger partial charge >= 0.3 is 5.97 Å². The highest BCUT2D eigenvalue weighted by molar-refractivity contribution is 5.71. The topological polar surface area (TPSA) is 85.5 Å². The lowest BCUT2D eigenvalue weighted by Crippen LogP contribution is -2.19. The maximum Gasteiger partial charge on any atom is 0.332 e. The molecule has 0 fully saturated rings. The zero-order valence-electron chi connectivity index (χ0n) is 9.74. The van der Waals surface area contributed by atoms with Gasteiger partial charge in [0.15, 0.2) is 6.10 Å². The van der Waals surface area contributed by atoms with Crippen molar-refractivity contribution in [1.29, 1.82) is 0 Å². The van der Waals surface area contributed by atoms with Gasteiger partial charge in [0.1, 0.15) is 6.61 Å². The van der Waals surface area contributed by atoms with E-state index in [1.165, 1.54) is 6.92 Å². The minimum absolute atomic E-state index is 0.0205. The summed E-state index contributed by atoms with van der Waals surface area (Å²) in [6.45, 7) is 1.42. The quantitative estimate of drug-likeness (QED) is 0.867. The van der Waals surface area contributed by atoms with Crippen molar-refractivity contribution in [3.8, 4) is 11.5 Å². The highest BCUT2D eigenvalue weighted by Crippen LogP contribution is 2.17. The number of benzene rings is 1. The van der Waals surface area contributed by atoms with Gasteiger partial charge in [0, 0.05) is 5.56 Å². The van der Waals surface area contributed by atoms with Gasteiger partial charge in [-0.3, -0.25) is 0 Å². The van der Waals surface area contributed by atoms with E-state index in [0.29, 0.717) is 5.89 Å². The van der Waals surface area contributed by atoms with Gasteiger partial charge in [0.25, 0.3) is 0 Å². The van der Waals surface area contributed by atoms with Gasteiger partial charge in [0.2, 0.25) is 11.8 Å². The summed E-state index contributed by atoms with van der Waals surface area (Å²) in [5, 5.41) is 16.3. The number of aromatic nitrogens is 2. The number of aliphatic carboxylic acids is 1. The van der Waals surface area contributed by atoms with Crippen molar-refractivity contribution in [1.82, 2.24) is 10.2 Å². The standard InChI is InChI=1S/C12H12N2O4/c1-8(12(15)16)17-7-10-13-14-11(18-10)9-5-3-2-4-6-9/h2-6,8H,7H2,1H3,(H,15,16)/t8-/m1/s1. The highest BCUT2D eigenvalue weighted by Gasteiger charge is 2.14. The number of ether oxygens (including phenoxy) is 1. The number of carbonyl (C=O) groups is 1. The Bertz CT molecular complexity index is 524. The van der Waals surface area contributed by atoms with Crippen LogP contribution in [0.2, 0.25) is 0 Å². The van der Waals surface area contributed by atoms with Crippen LogP contribution < -0.4 is 0 Å². The molecular weight excluding hydrogens is 236 g/mol. The summed E-state index contributed by atoms with van der Waals surface area (Å²) in [4.78, 5) is 10.6. The molecule has 2 rings (SSSR count). The third-order valence-corrected chi connectivity index (χ3v) is 2.29. The Morgan fingerprint density at radius 1 is 1.39 bits per heavy atom. The molecule has 18 heavy (non-hydrogen) atoms. The Morgan fingerprint density at radius 3 is 2.78 bits per heavy atom. The van der Waals surface area contributed by atoms with Crippen LogP contribution in [0.5, 0.6) is 0 Å². The van der Waals surface area contributed by atoms with Gasteiger partial charge in [-0.1, -0.05) is 18.2 Å². The maximum absolute atomic E-state index is 10.6. The molecule has 0 aliphatic rings. The molecule has 0 unspecified atom stereocenters. The summed E-state index contributed by atoms with van der Waals surface area (Å²) in [5.41, 5.74) is 0.808. The van der Waals surface area contributed by atoms with E-state index in [9.17, 15) is 4.79 Å². The van der Waals surface area contributed by atoms with Crippen molar-refractivity contribution in [2.75, 3.05) is 0 Å². The smallest absolute Gasteiger partial charge is 0.332 e. The molecule has 1 atom stereocenters. The zero-order chi connectivity index (χ0) is 13.0. The Labute approximate surface area is 103 Å². The Morgan fingerprint density at radius 2 is 2.11 bits per heavy atom. The second-order valence-electron chi connectivity index (χ2n) is 3.66. The third-order valence-electron chi connectivity index (χ3n) is 2.29. The zero-order valence-corrected chi connectivity index (χ0v) is 9.74. The average Bonchev–Trinajstić information content (AvgIpc) is 2.85. The van der Waals surface area contributed by atoms with Crippen LogP contribution in [0.15, 0.2) is 34.7 Å². The summed E-state index contributed by atoms with van der Waals surface area (Å²) < 4.78 is 10.4. The number of nitrogens with zero attached hydrogens (tertiary/aromatic N) is 2. The number of carboxylic acids is 1. The Hall–Kier alpha value is -2.21. The van der Waals surface area contributed by atoms with E-state index in [1.807, 2.05) is 30.3 Å². The van der Waals surface area contributed by atoms with Gasteiger partial charge in [-0.25, -0.2) is 4.79 Å². The fourth-order valence-electron chi connectivity index (χ4n) is 1.28. The first-order valence-electron chi connectivity index (χ1n) is 5.39. The van der Waals surface area contributed by atoms with Crippen molar-refractivity contribution in [3.05, 3.63) is 36.2 Å². The SMILES string of the molecule is C[C@@H](OCc1nnc(-c2ccccc2)o1)C(=O)O. The first-order valence-corrected chi connectivity index (χ1v) is 5.39. The summed E-state index contributed by atoms with van der Waals surface area (Å²) >= 11 is 0. The molecule has 0 bridgehead atoms. The molecule has 0 spiro atoms. The molecular formula is C12H12N2O4. The number of rotatable bonds is 5. The van der Waals surface area contributed by atoms with Crippen LogP contribution in [0.25, 0.3) is 11.5 Å². The monoisotopic (exact) mass is 248 g/mol. The van der Waals surface area contributed by atoms with Gasteiger partial charge in [-0.15, -0.1) is 10.2 Å². The largest absolute Gasteiger partial charge is 0.479 e. The second-order valence-corrected chi connectivity index (χ2v) is 3.66. The molecule has 1 N–H and O–H groups in total. The van der Waals surface area contributed by atoms with Gasteiger partial charge in [-0.2, -0.15) is 0 Å². The molecule has 94 valence electrons. The molecule has 2 aromatic rings. The highest BCUT2D eigenvalue weighted by atomic mass is 16.5. The van der Waals surface area contributed by atoms with Crippen molar-refractivity contribution in [2.45, 2.75) is 19.6 Å². The first kappa shape index (κ1) is 12.3. The number of carboxylic acid groups (broad SMARTS) is 1. The van der Waals surface area contributed by atoms with Crippen LogP contribution in [0.3, 0.4) is 0 Å². The lowest BCUT2D eigenvalue weighted by Gasteiger charge is -2.04. The maximum atomic E-state index is 10.6. The van der Waals surface area contributed by atoms with E-state index in [0.717, 1.165) is 5.56 Å². The van der Waals surface area contributed by atoms with Crippen LogP contribution >= 0.6 is 0 Å². The lowest BCUT2D eigenvalue weighted by atomic mass is 10.2. The molecule has 1 heterocycles. The van der Waals surface area contributed by atoms with E-state index < -0.39 is 12.1 Å². The molecule has 0 saturated heterocycles. The van der Waals surface area contributed by atoms with E-state index in [-0.39, 0.29) is 12.5 Å². The van der Waals surface area contributed by atoms with Crippen LogP contribution in [-0.4, -0.2) is 27.4 Å². The average molecular weight is 248 g/mol. The van der Waals surface area contributed by atoms with Crippen molar-refractivity contribution in [3.63, 3.8) is 0 Å². The fourth-order valence-corrected chi connectivity index (χ4v) is 1.28. The van der Waals surface area contributed by atoms with E-state index in [1.54, 1.807) is 0 Å². The van der Waals surface area contributed by atoms with Crippen LogP contribution in [-0.2, 0) is 16.1 Å². The van der Waals surface area contributed by atoms with Gasteiger partial charge < -0.3 is 14.3 Å². The molecule has 0 saturated carbocycles. The molecule has 0 radical (unpaired) electrons. The molecule has 0 aliphatic carbocycles. The molecule has 0 aliphatic heterocycles. The van der Waals surface area contributed by atoms with Crippen LogP contribution in [0.1, 0.15) is 12.8 Å². The van der Waals surface area contributed by atoms with Crippen LogP contribution in [0.4, 0.5) is 0 Å². The third kappa shape index (κ3) is 2.92. The van der Waals surface area contributed by atoms with E-state index in [4.69, 9.17) is 14.3 Å². The summed E-state index contributed by atoms with van der Waals surface area (Å²) in [6, 6.07) is 9.30. The molecule has 1 aromatic carbocycles. The molecule has 1 aromatic heterocycles. The van der Waals surface area contributed by atoms with Gasteiger partial charge in [0.05, 0.1) is 0 Å². The summed E-state index contributed by atoms with van der Waals surface area (Å²) in [6.07, 6.45) is -0.905.